The van der Waals surface area contributed by atoms with E-state index in [1.807, 2.05) is 37.5 Å². The molecule has 212 valence electrons. The van der Waals surface area contributed by atoms with Crippen molar-refractivity contribution in [3.8, 4) is 0 Å². The van der Waals surface area contributed by atoms with E-state index in [0.29, 0.717) is 23.4 Å². The van der Waals surface area contributed by atoms with Gasteiger partial charge in [-0.1, -0.05) is 81.4 Å². The molecule has 9 heteroatoms. The van der Waals surface area contributed by atoms with E-state index >= 15 is 0 Å². The summed E-state index contributed by atoms with van der Waals surface area (Å²) in [5, 5.41) is 2.19. The van der Waals surface area contributed by atoms with Crippen molar-refractivity contribution >= 4 is 41.6 Å². The Bertz CT molecular complexity index is 1390. The van der Waals surface area contributed by atoms with Crippen molar-refractivity contribution in [2.75, 3.05) is 12.3 Å². The zero-order valence-corrected chi connectivity index (χ0v) is 25.6. The van der Waals surface area contributed by atoms with Crippen LogP contribution in [-0.2, 0) is 14.0 Å². The van der Waals surface area contributed by atoms with Gasteiger partial charge in [-0.25, -0.2) is 15.0 Å². The van der Waals surface area contributed by atoms with Crippen LogP contribution in [0.15, 0.2) is 73.3 Å². The third-order valence-electron chi connectivity index (χ3n) is 7.32. The first-order valence-corrected chi connectivity index (χ1v) is 15.7. The van der Waals surface area contributed by atoms with Crippen molar-refractivity contribution in [1.82, 2.24) is 19.5 Å². The van der Waals surface area contributed by atoms with Gasteiger partial charge in [-0.3, -0.25) is 4.79 Å². The standard InChI is InChI=1S/C31H41N5O3Si/c1-22(39-40(31(5,6)7,23-14-10-8-11-15-23)24-16-12-9-13-17-24)25(18-19-38-29(37)30(2,3)4)36-21-35-26-27(32)33-20-34-28(26)36/h8-17,20-22,25H,18-19H2,1-7H3,(H2,32,33,34). The first-order chi connectivity index (χ1) is 18.9. The summed E-state index contributed by atoms with van der Waals surface area (Å²) < 4.78 is 15.1. The second-order valence-corrected chi connectivity index (χ2v) is 16.6. The number of fused-ring (bicyclic) bond motifs is 1. The molecule has 2 atom stereocenters. The van der Waals surface area contributed by atoms with Crippen molar-refractivity contribution < 1.29 is 14.0 Å². The quantitative estimate of drug-likeness (QED) is 0.230. The van der Waals surface area contributed by atoms with E-state index in [1.54, 1.807) is 6.33 Å². The Morgan fingerprint density at radius 3 is 2.02 bits per heavy atom. The van der Waals surface area contributed by atoms with Crippen LogP contribution in [0.5, 0.6) is 0 Å². The summed E-state index contributed by atoms with van der Waals surface area (Å²) in [6.07, 6.45) is 3.39. The fourth-order valence-electron chi connectivity index (χ4n) is 5.25. The summed E-state index contributed by atoms with van der Waals surface area (Å²) in [4.78, 5) is 25.7. The predicted molar refractivity (Wildman–Crippen MR) is 162 cm³/mol. The van der Waals surface area contributed by atoms with E-state index in [0.717, 1.165) is 0 Å². The number of nitrogen functional groups attached to an aromatic ring is 1. The Morgan fingerprint density at radius 1 is 0.925 bits per heavy atom. The monoisotopic (exact) mass is 559 g/mol. The Hall–Kier alpha value is -3.56. The van der Waals surface area contributed by atoms with Crippen molar-refractivity contribution in [3.63, 3.8) is 0 Å². The van der Waals surface area contributed by atoms with Crippen LogP contribution < -0.4 is 16.1 Å². The predicted octanol–water partition coefficient (Wildman–Crippen LogP) is 4.89. The summed E-state index contributed by atoms with van der Waals surface area (Å²) in [7, 11) is -2.86. The Morgan fingerprint density at radius 2 is 1.50 bits per heavy atom. The Balaban J connectivity index is 1.80. The van der Waals surface area contributed by atoms with E-state index in [9.17, 15) is 4.79 Å². The molecule has 4 rings (SSSR count). The number of imidazole rings is 1. The fourth-order valence-corrected chi connectivity index (χ4v) is 9.98. The van der Waals surface area contributed by atoms with Crippen LogP contribution in [0.1, 0.15) is 60.9 Å². The molecule has 0 fully saturated rings. The molecular weight excluding hydrogens is 518 g/mol. The van der Waals surface area contributed by atoms with Gasteiger partial charge in [0.15, 0.2) is 11.5 Å². The summed E-state index contributed by atoms with van der Waals surface area (Å²) in [6.45, 7) is 14.6. The van der Waals surface area contributed by atoms with Crippen molar-refractivity contribution in [3.05, 3.63) is 73.3 Å². The molecule has 2 aromatic heterocycles. The zero-order valence-electron chi connectivity index (χ0n) is 24.6. The lowest BCUT2D eigenvalue weighted by molar-refractivity contribution is -0.153. The number of carbonyl (C=O) groups excluding carboxylic acids is 1. The van der Waals surface area contributed by atoms with Gasteiger partial charge in [0, 0.05) is 6.42 Å². The highest BCUT2D eigenvalue weighted by Gasteiger charge is 2.51. The van der Waals surface area contributed by atoms with Gasteiger partial charge in [0.05, 0.1) is 30.5 Å². The number of nitrogens with two attached hydrogens (primary N) is 1. The summed E-state index contributed by atoms with van der Waals surface area (Å²) in [5.74, 6) is 0.0797. The average Bonchev–Trinajstić information content (AvgIpc) is 3.34. The smallest absolute Gasteiger partial charge is 0.311 e. The zero-order chi connectivity index (χ0) is 29.1. The van der Waals surface area contributed by atoms with Gasteiger partial charge in [-0.05, 0) is 43.1 Å². The van der Waals surface area contributed by atoms with Crippen LogP contribution in [0.3, 0.4) is 0 Å². The van der Waals surface area contributed by atoms with Crippen molar-refractivity contribution in [2.45, 2.75) is 72.1 Å². The SMILES string of the molecule is CC(O[Si](c1ccccc1)(c1ccccc1)C(C)(C)C)C(CCOC(=O)C(C)(C)C)n1cnc2c(N)ncnc21. The molecule has 40 heavy (non-hydrogen) atoms. The minimum absolute atomic E-state index is 0.198. The number of carbonyl (C=O) groups is 1. The van der Waals surface area contributed by atoms with Crippen molar-refractivity contribution in [1.29, 1.82) is 0 Å². The van der Waals surface area contributed by atoms with Gasteiger partial charge < -0.3 is 19.5 Å². The molecular formula is C31H41N5O3Si. The van der Waals surface area contributed by atoms with E-state index in [2.05, 4.69) is 91.2 Å². The number of ether oxygens (including phenoxy) is 1. The van der Waals surface area contributed by atoms with E-state index in [1.165, 1.54) is 16.7 Å². The maximum atomic E-state index is 12.6. The number of anilines is 1. The third-order valence-corrected chi connectivity index (χ3v) is 12.5. The Labute approximate surface area is 238 Å². The number of benzene rings is 2. The molecule has 0 radical (unpaired) electrons. The molecule has 2 unspecified atom stereocenters. The molecule has 2 aromatic carbocycles. The highest BCUT2D eigenvalue weighted by molar-refractivity contribution is 6.99. The van der Waals surface area contributed by atoms with Crippen LogP contribution >= 0.6 is 0 Å². The van der Waals surface area contributed by atoms with Gasteiger partial charge in [0.25, 0.3) is 8.32 Å². The lowest BCUT2D eigenvalue weighted by atomic mass is 9.97. The third kappa shape index (κ3) is 5.81. The molecule has 0 bridgehead atoms. The Kier molecular flexibility index (Phi) is 8.46. The minimum Gasteiger partial charge on any atom is -0.465 e. The number of nitrogens with zero attached hydrogens (tertiary/aromatic N) is 4. The van der Waals surface area contributed by atoms with Crippen LogP contribution in [0.2, 0.25) is 5.04 Å². The van der Waals surface area contributed by atoms with Crippen molar-refractivity contribution in [2.24, 2.45) is 5.41 Å². The van der Waals surface area contributed by atoms with Crippen LogP contribution in [0.4, 0.5) is 5.82 Å². The molecule has 0 aliphatic carbocycles. The van der Waals surface area contributed by atoms with E-state index < -0.39 is 13.7 Å². The number of hydrogen-bond acceptors (Lipinski definition) is 7. The van der Waals surface area contributed by atoms with E-state index in [4.69, 9.17) is 14.9 Å². The molecule has 0 saturated heterocycles. The molecule has 0 amide bonds. The van der Waals surface area contributed by atoms with Gasteiger partial charge in [0.2, 0.25) is 0 Å². The van der Waals surface area contributed by atoms with Gasteiger partial charge in [-0.2, -0.15) is 0 Å². The topological polar surface area (TPSA) is 105 Å². The number of esters is 1. The first kappa shape index (κ1) is 29.4. The average molecular weight is 560 g/mol. The summed E-state index contributed by atoms with van der Waals surface area (Å²) in [5.41, 5.74) is 6.70. The van der Waals surface area contributed by atoms with Gasteiger partial charge >= 0.3 is 5.97 Å². The number of aromatic nitrogens is 4. The lowest BCUT2D eigenvalue weighted by Gasteiger charge is -2.46. The minimum atomic E-state index is -2.86. The van der Waals surface area contributed by atoms with Gasteiger partial charge in [-0.15, -0.1) is 0 Å². The lowest BCUT2D eigenvalue weighted by Crippen LogP contribution is -2.68. The molecule has 2 N–H and O–H groups in total. The van der Waals surface area contributed by atoms with Crippen LogP contribution in [0.25, 0.3) is 11.2 Å². The summed E-state index contributed by atoms with van der Waals surface area (Å²) in [6, 6.07) is 20.8. The highest BCUT2D eigenvalue weighted by atomic mass is 28.4. The van der Waals surface area contributed by atoms with Crippen LogP contribution in [0, 0.1) is 5.41 Å². The molecule has 0 aliphatic heterocycles. The largest absolute Gasteiger partial charge is 0.465 e. The number of rotatable bonds is 9. The maximum absolute atomic E-state index is 12.6. The summed E-state index contributed by atoms with van der Waals surface area (Å²) >= 11 is 0. The van der Waals surface area contributed by atoms with E-state index in [-0.39, 0.29) is 29.8 Å². The molecule has 0 aliphatic rings. The van der Waals surface area contributed by atoms with Gasteiger partial charge in [0.1, 0.15) is 11.8 Å². The molecule has 8 nitrogen and oxygen atoms in total. The maximum Gasteiger partial charge on any atom is 0.311 e. The molecule has 0 saturated carbocycles. The fraction of sp³-hybridized carbons (Fsp3) is 0.419. The number of hydrogen-bond donors (Lipinski definition) is 1. The molecule has 0 spiro atoms. The normalized spacial score (nSPS) is 14.2. The second-order valence-electron chi connectivity index (χ2n) is 12.3. The van der Waals surface area contributed by atoms with Crippen LogP contribution in [-0.4, -0.2) is 46.5 Å². The molecule has 4 aromatic rings. The first-order valence-electron chi connectivity index (χ1n) is 13.8. The highest BCUT2D eigenvalue weighted by Crippen LogP contribution is 2.39. The molecule has 2 heterocycles. The second kappa shape index (κ2) is 11.5.